The molecule has 3 nitrogen and oxygen atoms in total. The van der Waals surface area contributed by atoms with E-state index in [1.807, 2.05) is 0 Å². The van der Waals surface area contributed by atoms with Crippen molar-refractivity contribution in [2.24, 2.45) is 5.92 Å². The van der Waals surface area contributed by atoms with E-state index < -0.39 is 0 Å². The van der Waals surface area contributed by atoms with Gasteiger partial charge in [-0.05, 0) is 44.6 Å². The van der Waals surface area contributed by atoms with E-state index in [1.165, 1.54) is 38.5 Å². The lowest BCUT2D eigenvalue weighted by Gasteiger charge is -2.43. The molecule has 0 bridgehead atoms. The first-order valence-electron chi connectivity index (χ1n) is 7.32. The van der Waals surface area contributed by atoms with Gasteiger partial charge in [0, 0.05) is 12.6 Å². The number of carbonyl (C=O) groups excluding carboxylic acids is 1. The Balaban J connectivity index is 1.83. The van der Waals surface area contributed by atoms with Gasteiger partial charge in [0.2, 0.25) is 5.91 Å². The highest BCUT2D eigenvalue weighted by Gasteiger charge is 2.33. The molecule has 0 aromatic heterocycles. The first-order chi connectivity index (χ1) is 8.31. The van der Waals surface area contributed by atoms with E-state index in [0.29, 0.717) is 12.6 Å². The van der Waals surface area contributed by atoms with Gasteiger partial charge in [0.15, 0.2) is 0 Å². The summed E-state index contributed by atoms with van der Waals surface area (Å²) in [5, 5.41) is 2.99. The summed E-state index contributed by atoms with van der Waals surface area (Å²) in [6.07, 6.45) is 9.15. The Labute approximate surface area is 105 Å². The van der Waals surface area contributed by atoms with Crippen LogP contribution in [0.4, 0.5) is 0 Å². The number of piperidine rings is 1. The Morgan fingerprint density at radius 1 is 1.24 bits per heavy atom. The third-order valence-electron chi connectivity index (χ3n) is 4.28. The number of hydrogen-bond donors (Lipinski definition) is 1. The minimum Gasteiger partial charge on any atom is -0.355 e. The van der Waals surface area contributed by atoms with Gasteiger partial charge in [0.05, 0.1) is 6.54 Å². The molecule has 3 heteroatoms. The van der Waals surface area contributed by atoms with Gasteiger partial charge in [-0.2, -0.15) is 0 Å². The standard InChI is InChI=1S/C14H26N2O/c1-2-9-15-14(17)11-16-10-5-7-12-6-3-4-8-13(12)16/h12-13H,2-11H2,1H3,(H,15,17). The fourth-order valence-corrected chi connectivity index (χ4v) is 3.43. The van der Waals surface area contributed by atoms with Crippen molar-refractivity contribution < 1.29 is 4.79 Å². The summed E-state index contributed by atoms with van der Waals surface area (Å²) in [7, 11) is 0. The zero-order valence-corrected chi connectivity index (χ0v) is 11.1. The topological polar surface area (TPSA) is 32.3 Å². The van der Waals surface area contributed by atoms with Crippen LogP contribution in [0.25, 0.3) is 0 Å². The molecule has 1 aliphatic carbocycles. The zero-order valence-electron chi connectivity index (χ0n) is 11.1. The second kappa shape index (κ2) is 6.39. The molecule has 0 aromatic rings. The molecule has 1 aliphatic heterocycles. The van der Waals surface area contributed by atoms with E-state index >= 15 is 0 Å². The molecule has 17 heavy (non-hydrogen) atoms. The van der Waals surface area contributed by atoms with Crippen molar-refractivity contribution in [2.45, 2.75) is 57.9 Å². The molecule has 2 fully saturated rings. The van der Waals surface area contributed by atoms with Crippen molar-refractivity contribution in [3.05, 3.63) is 0 Å². The molecule has 1 saturated heterocycles. The van der Waals surface area contributed by atoms with Gasteiger partial charge in [-0.25, -0.2) is 0 Å². The van der Waals surface area contributed by atoms with Crippen LogP contribution in [0, 0.1) is 5.92 Å². The summed E-state index contributed by atoms with van der Waals surface area (Å²) >= 11 is 0. The van der Waals surface area contributed by atoms with Gasteiger partial charge >= 0.3 is 0 Å². The molecule has 1 amide bonds. The van der Waals surface area contributed by atoms with Crippen LogP contribution in [0.3, 0.4) is 0 Å². The van der Waals surface area contributed by atoms with E-state index in [9.17, 15) is 4.79 Å². The number of rotatable bonds is 4. The van der Waals surface area contributed by atoms with Crippen molar-refractivity contribution in [1.29, 1.82) is 0 Å². The highest BCUT2D eigenvalue weighted by atomic mass is 16.2. The van der Waals surface area contributed by atoms with Crippen molar-refractivity contribution >= 4 is 5.91 Å². The molecule has 1 heterocycles. The summed E-state index contributed by atoms with van der Waals surface area (Å²) in [4.78, 5) is 14.2. The van der Waals surface area contributed by atoms with Crippen molar-refractivity contribution in [1.82, 2.24) is 10.2 Å². The SMILES string of the molecule is CCCNC(=O)CN1CCCC2CCCCC21. The molecule has 1 N–H and O–H groups in total. The number of likely N-dealkylation sites (tertiary alicyclic amines) is 1. The predicted molar refractivity (Wildman–Crippen MR) is 69.9 cm³/mol. The van der Waals surface area contributed by atoms with Gasteiger partial charge in [0.1, 0.15) is 0 Å². The molecule has 1 saturated carbocycles. The molecular formula is C14H26N2O. The number of amides is 1. The van der Waals surface area contributed by atoms with Gasteiger partial charge in [-0.3, -0.25) is 9.69 Å². The lowest BCUT2D eigenvalue weighted by Crippen LogP contribution is -2.50. The fourth-order valence-electron chi connectivity index (χ4n) is 3.43. The summed E-state index contributed by atoms with van der Waals surface area (Å²) in [6, 6.07) is 0.699. The number of fused-ring (bicyclic) bond motifs is 1. The summed E-state index contributed by atoms with van der Waals surface area (Å²) in [6.45, 7) is 4.67. The summed E-state index contributed by atoms with van der Waals surface area (Å²) < 4.78 is 0. The Morgan fingerprint density at radius 3 is 2.82 bits per heavy atom. The van der Waals surface area contributed by atoms with Crippen LogP contribution < -0.4 is 5.32 Å². The van der Waals surface area contributed by atoms with Crippen molar-refractivity contribution in [3.63, 3.8) is 0 Å². The van der Waals surface area contributed by atoms with Crippen LogP contribution in [0.1, 0.15) is 51.9 Å². The Kier molecular flexibility index (Phi) is 4.84. The van der Waals surface area contributed by atoms with Crippen LogP contribution in [-0.4, -0.2) is 36.5 Å². The highest BCUT2D eigenvalue weighted by molar-refractivity contribution is 5.78. The second-order valence-electron chi connectivity index (χ2n) is 5.57. The zero-order chi connectivity index (χ0) is 12.1. The Bertz CT molecular complexity index is 253. The average Bonchev–Trinajstić information content (AvgIpc) is 2.37. The summed E-state index contributed by atoms with van der Waals surface area (Å²) in [5.41, 5.74) is 0. The highest BCUT2D eigenvalue weighted by Crippen LogP contribution is 2.34. The molecule has 0 radical (unpaired) electrons. The molecule has 98 valence electrons. The monoisotopic (exact) mass is 238 g/mol. The van der Waals surface area contributed by atoms with Gasteiger partial charge in [-0.15, -0.1) is 0 Å². The molecule has 2 aliphatic rings. The van der Waals surface area contributed by atoms with E-state index in [1.54, 1.807) is 0 Å². The van der Waals surface area contributed by atoms with Gasteiger partial charge < -0.3 is 5.32 Å². The molecule has 0 aromatic carbocycles. The maximum absolute atomic E-state index is 11.8. The lowest BCUT2D eigenvalue weighted by atomic mass is 9.78. The lowest BCUT2D eigenvalue weighted by molar-refractivity contribution is -0.123. The maximum atomic E-state index is 11.8. The van der Waals surface area contributed by atoms with E-state index in [4.69, 9.17) is 0 Å². The van der Waals surface area contributed by atoms with Crippen LogP contribution in [0.2, 0.25) is 0 Å². The van der Waals surface area contributed by atoms with Gasteiger partial charge in [-0.1, -0.05) is 19.8 Å². The number of carbonyl (C=O) groups is 1. The predicted octanol–water partition coefficient (Wildman–Crippen LogP) is 2.17. The van der Waals surface area contributed by atoms with Crippen LogP contribution in [0.15, 0.2) is 0 Å². The average molecular weight is 238 g/mol. The number of hydrogen-bond acceptors (Lipinski definition) is 2. The third-order valence-corrected chi connectivity index (χ3v) is 4.28. The van der Waals surface area contributed by atoms with Gasteiger partial charge in [0.25, 0.3) is 0 Å². The van der Waals surface area contributed by atoms with Crippen molar-refractivity contribution in [2.75, 3.05) is 19.6 Å². The molecule has 2 rings (SSSR count). The molecule has 2 unspecified atom stereocenters. The number of nitrogens with one attached hydrogen (secondary N) is 1. The van der Waals surface area contributed by atoms with Crippen LogP contribution in [-0.2, 0) is 4.79 Å². The third kappa shape index (κ3) is 3.44. The molecule has 0 spiro atoms. The first-order valence-corrected chi connectivity index (χ1v) is 7.32. The largest absolute Gasteiger partial charge is 0.355 e. The molecule has 2 atom stereocenters. The number of nitrogens with zero attached hydrogens (tertiary/aromatic N) is 1. The van der Waals surface area contributed by atoms with Crippen molar-refractivity contribution in [3.8, 4) is 0 Å². The van der Waals surface area contributed by atoms with E-state index in [2.05, 4.69) is 17.1 Å². The quantitative estimate of drug-likeness (QED) is 0.814. The van der Waals surface area contributed by atoms with E-state index in [-0.39, 0.29) is 5.91 Å². The molecular weight excluding hydrogens is 212 g/mol. The maximum Gasteiger partial charge on any atom is 0.234 e. The first kappa shape index (κ1) is 12.9. The Morgan fingerprint density at radius 2 is 2.00 bits per heavy atom. The van der Waals surface area contributed by atoms with Crippen LogP contribution in [0.5, 0.6) is 0 Å². The normalized spacial score (nSPS) is 29.7. The smallest absolute Gasteiger partial charge is 0.234 e. The summed E-state index contributed by atoms with van der Waals surface area (Å²) in [5.74, 6) is 1.09. The fraction of sp³-hybridized carbons (Fsp3) is 0.929. The second-order valence-corrected chi connectivity index (χ2v) is 5.57. The van der Waals surface area contributed by atoms with Crippen LogP contribution >= 0.6 is 0 Å². The minimum absolute atomic E-state index is 0.220. The Hall–Kier alpha value is -0.570. The minimum atomic E-state index is 0.220. The van der Waals surface area contributed by atoms with E-state index in [0.717, 1.165) is 25.4 Å².